The van der Waals surface area contributed by atoms with Crippen LogP contribution in [0.2, 0.25) is 5.15 Å². The third-order valence-electron chi connectivity index (χ3n) is 4.85. The van der Waals surface area contributed by atoms with E-state index in [0.29, 0.717) is 29.9 Å². The van der Waals surface area contributed by atoms with Crippen molar-refractivity contribution < 1.29 is 4.79 Å². The van der Waals surface area contributed by atoms with Gasteiger partial charge in [0.25, 0.3) is 5.56 Å². The van der Waals surface area contributed by atoms with E-state index in [2.05, 4.69) is 10.2 Å². The molecule has 7 nitrogen and oxygen atoms in total. The number of carbonyl (C=O) groups excluding carboxylic acids is 1. The van der Waals surface area contributed by atoms with Crippen LogP contribution in [0.3, 0.4) is 0 Å². The first-order valence-electron chi connectivity index (χ1n) is 9.13. The van der Waals surface area contributed by atoms with Crippen molar-refractivity contribution >= 4 is 28.4 Å². The van der Waals surface area contributed by atoms with E-state index in [0.717, 1.165) is 31.6 Å². The van der Waals surface area contributed by atoms with Crippen molar-refractivity contribution in [2.24, 2.45) is 0 Å². The van der Waals surface area contributed by atoms with E-state index in [1.807, 2.05) is 35.2 Å². The number of likely N-dealkylation sites (tertiary alicyclic amines) is 1. The number of carbonyl (C=O) groups is 1. The van der Waals surface area contributed by atoms with E-state index < -0.39 is 0 Å². The van der Waals surface area contributed by atoms with Gasteiger partial charge in [-0.3, -0.25) is 9.59 Å². The molecule has 0 spiro atoms. The smallest absolute Gasteiger partial charge is 0.295 e. The van der Waals surface area contributed by atoms with Gasteiger partial charge in [0.2, 0.25) is 5.91 Å². The molecule has 3 aromatic rings. The molecule has 140 valence electrons. The molecule has 0 saturated carbocycles. The Bertz CT molecular complexity index is 1020. The predicted molar refractivity (Wildman–Crippen MR) is 103 cm³/mol. The van der Waals surface area contributed by atoms with Gasteiger partial charge in [0.05, 0.1) is 17.3 Å². The molecule has 0 N–H and O–H groups in total. The number of benzene rings is 1. The Labute approximate surface area is 161 Å². The molecule has 0 unspecified atom stereocenters. The largest absolute Gasteiger partial charge is 0.343 e. The molecule has 4 rings (SSSR count). The minimum absolute atomic E-state index is 0.151. The summed E-state index contributed by atoms with van der Waals surface area (Å²) >= 11 is 6.40. The van der Waals surface area contributed by atoms with Gasteiger partial charge in [0.15, 0.2) is 5.52 Å². The molecule has 0 aliphatic carbocycles. The number of halogens is 1. The van der Waals surface area contributed by atoms with Crippen molar-refractivity contribution in [1.82, 2.24) is 24.5 Å². The zero-order valence-corrected chi connectivity index (χ0v) is 15.6. The van der Waals surface area contributed by atoms with Gasteiger partial charge in [-0.1, -0.05) is 29.8 Å². The minimum Gasteiger partial charge on any atom is -0.343 e. The Morgan fingerprint density at radius 2 is 1.89 bits per heavy atom. The molecule has 0 bridgehead atoms. The molecule has 1 fully saturated rings. The zero-order chi connectivity index (χ0) is 18.8. The summed E-state index contributed by atoms with van der Waals surface area (Å²) in [6.45, 7) is 2.07. The van der Waals surface area contributed by atoms with E-state index in [9.17, 15) is 9.59 Å². The second kappa shape index (κ2) is 7.52. The maximum Gasteiger partial charge on any atom is 0.295 e. The summed E-state index contributed by atoms with van der Waals surface area (Å²) < 4.78 is 2.90. The fourth-order valence-corrected chi connectivity index (χ4v) is 3.66. The molecule has 0 radical (unpaired) electrons. The first kappa shape index (κ1) is 17.7. The Kier molecular flexibility index (Phi) is 4.94. The SMILES string of the molecule is O=C(CCCn1ncc2c(Cl)n(-c3ccccc3)nc2c1=O)N1CCCC1. The standard InChI is InChI=1S/C19H20ClN5O2/c20-18-15-13-21-24(12-6-9-16(26)23-10-4-5-11-23)19(27)17(15)22-25(18)14-7-2-1-3-8-14/h1-3,7-8,13H,4-6,9-12H2. The first-order valence-corrected chi connectivity index (χ1v) is 9.50. The second-order valence-electron chi connectivity index (χ2n) is 6.66. The highest BCUT2D eigenvalue weighted by Crippen LogP contribution is 2.23. The van der Waals surface area contributed by atoms with Gasteiger partial charge >= 0.3 is 0 Å². The van der Waals surface area contributed by atoms with Crippen LogP contribution in [0, 0.1) is 0 Å². The van der Waals surface area contributed by atoms with Gasteiger partial charge < -0.3 is 4.90 Å². The summed E-state index contributed by atoms with van der Waals surface area (Å²) in [4.78, 5) is 26.7. The van der Waals surface area contributed by atoms with Crippen molar-refractivity contribution in [3.63, 3.8) is 0 Å². The Morgan fingerprint density at radius 1 is 1.15 bits per heavy atom. The van der Waals surface area contributed by atoms with E-state index >= 15 is 0 Å². The van der Waals surface area contributed by atoms with E-state index in [4.69, 9.17) is 11.6 Å². The third-order valence-corrected chi connectivity index (χ3v) is 5.21. The monoisotopic (exact) mass is 385 g/mol. The van der Waals surface area contributed by atoms with Gasteiger partial charge in [-0.15, -0.1) is 0 Å². The molecule has 1 saturated heterocycles. The van der Waals surface area contributed by atoms with Crippen molar-refractivity contribution in [3.05, 3.63) is 52.0 Å². The topological polar surface area (TPSA) is 73.0 Å². The van der Waals surface area contributed by atoms with Crippen molar-refractivity contribution in [2.75, 3.05) is 13.1 Å². The summed E-state index contributed by atoms with van der Waals surface area (Å²) in [5.41, 5.74) is 0.767. The lowest BCUT2D eigenvalue weighted by molar-refractivity contribution is -0.130. The van der Waals surface area contributed by atoms with E-state index in [-0.39, 0.29) is 17.0 Å². The van der Waals surface area contributed by atoms with Crippen LogP contribution >= 0.6 is 11.6 Å². The molecule has 1 aliphatic heterocycles. The van der Waals surface area contributed by atoms with Crippen LogP contribution in [-0.4, -0.2) is 43.5 Å². The number of para-hydroxylation sites is 1. The van der Waals surface area contributed by atoms with Gasteiger partial charge in [-0.05, 0) is 31.4 Å². The molecule has 1 aromatic carbocycles. The van der Waals surface area contributed by atoms with Crippen LogP contribution in [0.1, 0.15) is 25.7 Å². The number of aryl methyl sites for hydroxylation is 1. The molecular formula is C19H20ClN5O2. The fourth-order valence-electron chi connectivity index (χ4n) is 3.39. The molecule has 1 amide bonds. The van der Waals surface area contributed by atoms with Crippen molar-refractivity contribution in [3.8, 4) is 5.69 Å². The first-order chi connectivity index (χ1) is 13.1. The van der Waals surface area contributed by atoms with Gasteiger partial charge in [-0.25, -0.2) is 9.36 Å². The highest BCUT2D eigenvalue weighted by Gasteiger charge is 2.18. The molecule has 2 aromatic heterocycles. The second-order valence-corrected chi connectivity index (χ2v) is 7.02. The van der Waals surface area contributed by atoms with Crippen LogP contribution in [0.4, 0.5) is 0 Å². The lowest BCUT2D eigenvalue weighted by Crippen LogP contribution is -2.28. The van der Waals surface area contributed by atoms with Crippen LogP contribution in [0.15, 0.2) is 41.3 Å². The third kappa shape index (κ3) is 3.47. The fraction of sp³-hybridized carbons (Fsp3) is 0.368. The number of amides is 1. The lowest BCUT2D eigenvalue weighted by atomic mass is 10.2. The summed E-state index contributed by atoms with van der Waals surface area (Å²) in [6, 6.07) is 9.40. The maximum atomic E-state index is 12.7. The summed E-state index contributed by atoms with van der Waals surface area (Å²) in [7, 11) is 0. The number of hydrogen-bond donors (Lipinski definition) is 0. The number of rotatable bonds is 5. The van der Waals surface area contributed by atoms with Gasteiger partial charge in [0, 0.05) is 26.1 Å². The summed E-state index contributed by atoms with van der Waals surface area (Å²) in [5.74, 6) is 0.151. The van der Waals surface area contributed by atoms with Gasteiger partial charge in [0.1, 0.15) is 5.15 Å². The minimum atomic E-state index is -0.294. The number of fused-ring (bicyclic) bond motifs is 1. The van der Waals surface area contributed by atoms with Crippen LogP contribution in [0.5, 0.6) is 0 Å². The van der Waals surface area contributed by atoms with Crippen LogP contribution in [0.25, 0.3) is 16.6 Å². The highest BCUT2D eigenvalue weighted by molar-refractivity contribution is 6.34. The molecule has 27 heavy (non-hydrogen) atoms. The quantitative estimate of drug-likeness (QED) is 0.676. The van der Waals surface area contributed by atoms with Crippen LogP contribution in [-0.2, 0) is 11.3 Å². The molecule has 3 heterocycles. The molecule has 8 heteroatoms. The van der Waals surface area contributed by atoms with Gasteiger partial charge in [-0.2, -0.15) is 10.2 Å². The highest BCUT2D eigenvalue weighted by atomic mass is 35.5. The predicted octanol–water partition coefficient (Wildman–Crippen LogP) is 2.64. The molecule has 1 aliphatic rings. The maximum absolute atomic E-state index is 12.7. The normalized spacial score (nSPS) is 14.2. The van der Waals surface area contributed by atoms with Crippen molar-refractivity contribution in [1.29, 1.82) is 0 Å². The zero-order valence-electron chi connectivity index (χ0n) is 14.8. The van der Waals surface area contributed by atoms with Crippen LogP contribution < -0.4 is 5.56 Å². The molecular weight excluding hydrogens is 366 g/mol. The summed E-state index contributed by atoms with van der Waals surface area (Å²) in [6.07, 6.45) is 4.71. The average molecular weight is 386 g/mol. The van der Waals surface area contributed by atoms with E-state index in [1.165, 1.54) is 9.36 Å². The summed E-state index contributed by atoms with van der Waals surface area (Å²) in [5, 5.41) is 9.48. The Morgan fingerprint density at radius 3 is 2.63 bits per heavy atom. The Balaban J connectivity index is 1.53. The number of hydrogen-bond acceptors (Lipinski definition) is 4. The average Bonchev–Trinajstić information content (AvgIpc) is 3.33. The van der Waals surface area contributed by atoms with Crippen molar-refractivity contribution in [2.45, 2.75) is 32.2 Å². The Hall–Kier alpha value is -2.67. The lowest BCUT2D eigenvalue weighted by Gasteiger charge is -2.14. The number of aromatic nitrogens is 4. The number of nitrogens with zero attached hydrogens (tertiary/aromatic N) is 5. The van der Waals surface area contributed by atoms with E-state index in [1.54, 1.807) is 6.20 Å². The molecule has 0 atom stereocenters.